The number of nitrogens with zero attached hydrogens (tertiary/aromatic N) is 5. The summed E-state index contributed by atoms with van der Waals surface area (Å²) in [6, 6.07) is 14.7. The second kappa shape index (κ2) is 12.0. The first-order chi connectivity index (χ1) is 19.6. The van der Waals surface area contributed by atoms with Gasteiger partial charge in [-0.3, -0.25) is 4.79 Å². The maximum absolute atomic E-state index is 12.5. The zero-order chi connectivity index (χ0) is 29.1. The number of nitrogens with one attached hydrogen (secondary N) is 1. The largest absolute Gasteiger partial charge is 0.382 e. The van der Waals surface area contributed by atoms with Crippen LogP contribution >= 0.6 is 9.21 Å². The van der Waals surface area contributed by atoms with Crippen molar-refractivity contribution in [2.75, 3.05) is 17.8 Å². The van der Waals surface area contributed by atoms with Crippen molar-refractivity contribution in [1.29, 1.82) is 5.26 Å². The van der Waals surface area contributed by atoms with E-state index in [1.54, 1.807) is 6.20 Å². The van der Waals surface area contributed by atoms with Crippen LogP contribution in [0.5, 0.6) is 0 Å². The Morgan fingerprint density at radius 3 is 2.66 bits per heavy atom. The number of hydrogen-bond acceptors (Lipinski definition) is 6. The van der Waals surface area contributed by atoms with Gasteiger partial charge in [0.05, 0.1) is 28.7 Å². The molecule has 8 heteroatoms. The summed E-state index contributed by atoms with van der Waals surface area (Å²) in [4.78, 5) is 12.5. The van der Waals surface area contributed by atoms with Crippen molar-refractivity contribution in [2.45, 2.75) is 64.8 Å². The van der Waals surface area contributed by atoms with Crippen LogP contribution in [0.2, 0.25) is 0 Å². The topological polar surface area (TPSA) is 94.9 Å². The van der Waals surface area contributed by atoms with Crippen molar-refractivity contribution >= 4 is 48.9 Å². The van der Waals surface area contributed by atoms with Gasteiger partial charge in [-0.05, 0) is 88.1 Å². The molecule has 0 spiro atoms. The minimum Gasteiger partial charge on any atom is -0.382 e. The molecule has 7 nitrogen and oxygen atoms in total. The molecule has 2 aliphatic rings. The molecule has 0 amide bonds. The van der Waals surface area contributed by atoms with Crippen LogP contribution in [-0.2, 0) is 4.79 Å². The molecular weight excluding hydrogens is 528 g/mol. The normalized spacial score (nSPS) is 19.1. The van der Waals surface area contributed by atoms with E-state index in [9.17, 15) is 10.1 Å². The number of benzene rings is 1. The highest BCUT2D eigenvalue weighted by atomic mass is 32.2. The molecule has 1 aliphatic heterocycles. The van der Waals surface area contributed by atoms with Crippen molar-refractivity contribution in [1.82, 2.24) is 9.61 Å². The minimum absolute atomic E-state index is 0.253. The summed E-state index contributed by atoms with van der Waals surface area (Å²) < 4.78 is 1.87. The van der Waals surface area contributed by atoms with E-state index >= 15 is 0 Å². The van der Waals surface area contributed by atoms with E-state index in [0.29, 0.717) is 36.0 Å². The molecule has 0 radical (unpaired) electrons. The Morgan fingerprint density at radius 2 is 1.95 bits per heavy atom. The standard InChI is InChI=1S/C33H40N6OS/c1-22(2)36-31-18-26(33-13-11-27-16-24(20-34)21-35-39(27)33)10-12-29(31)32-19-30(37-38-32)25-8-6-23(7-9-25)17-28(40)14-15-41(3,4)5/h10-13,15-16,18,21-23,25,36H,3,6-9,14,17,19H2,1-2,4-5H3. The SMILES string of the molecule is C=S(C)(C)=CCC(=O)CC1CCC(C2=NN=C(c3ccc(-c4ccc5cc(C#N)cnn45)cc3NC(C)C)C2)CC1. The lowest BCUT2D eigenvalue weighted by atomic mass is 9.77. The van der Waals surface area contributed by atoms with E-state index in [1.807, 2.05) is 22.7 Å². The zero-order valence-electron chi connectivity index (χ0n) is 24.6. The van der Waals surface area contributed by atoms with Gasteiger partial charge in [0.2, 0.25) is 0 Å². The van der Waals surface area contributed by atoms with Crippen LogP contribution in [0.25, 0.3) is 16.8 Å². The second-order valence-electron chi connectivity index (χ2n) is 12.2. The fraction of sp³-hybridized carbons (Fsp3) is 0.424. The van der Waals surface area contributed by atoms with Crippen molar-refractivity contribution in [3.05, 3.63) is 53.7 Å². The monoisotopic (exact) mass is 568 g/mol. The number of Topliss-reactive ketones (excluding diaryl/α,β-unsaturated/α-hetero) is 1. The van der Waals surface area contributed by atoms with Crippen molar-refractivity contribution in [3.8, 4) is 17.3 Å². The van der Waals surface area contributed by atoms with E-state index < -0.39 is 9.21 Å². The molecule has 41 heavy (non-hydrogen) atoms. The fourth-order valence-electron chi connectivity index (χ4n) is 5.83. The van der Waals surface area contributed by atoms with Crippen LogP contribution in [0, 0.1) is 23.2 Å². The molecule has 2 aromatic heterocycles. The second-order valence-corrected chi connectivity index (χ2v) is 15.8. The first kappa shape index (κ1) is 28.8. The number of aromatic nitrogens is 2. The van der Waals surface area contributed by atoms with E-state index in [0.717, 1.165) is 65.8 Å². The lowest BCUT2D eigenvalue weighted by Gasteiger charge is -2.28. The van der Waals surface area contributed by atoms with Crippen LogP contribution in [0.1, 0.15) is 69.9 Å². The van der Waals surface area contributed by atoms with Gasteiger partial charge in [0.15, 0.2) is 0 Å². The average molecular weight is 569 g/mol. The number of rotatable bonds is 9. The highest BCUT2D eigenvalue weighted by Gasteiger charge is 2.29. The number of fused-ring (bicyclic) bond motifs is 1. The van der Waals surface area contributed by atoms with Crippen molar-refractivity contribution < 1.29 is 4.79 Å². The van der Waals surface area contributed by atoms with E-state index in [2.05, 4.69) is 82.5 Å². The molecule has 3 heterocycles. The minimum atomic E-state index is -0.986. The van der Waals surface area contributed by atoms with Gasteiger partial charge in [-0.1, -0.05) is 23.4 Å². The molecule has 1 aromatic carbocycles. The number of carbonyl (C=O) groups excluding carboxylic acids is 1. The first-order valence-corrected chi connectivity index (χ1v) is 17.1. The quantitative estimate of drug-likeness (QED) is 0.291. The van der Waals surface area contributed by atoms with Crippen LogP contribution in [0.4, 0.5) is 5.69 Å². The number of ketones is 1. The Hall–Kier alpha value is -3.70. The summed E-state index contributed by atoms with van der Waals surface area (Å²) in [5.41, 5.74) is 7.73. The first-order valence-electron chi connectivity index (χ1n) is 14.4. The predicted octanol–water partition coefficient (Wildman–Crippen LogP) is 6.70. The van der Waals surface area contributed by atoms with Gasteiger partial charge in [-0.25, -0.2) is 13.7 Å². The molecule has 1 aliphatic carbocycles. The summed E-state index contributed by atoms with van der Waals surface area (Å²) in [7, 11) is -0.986. The molecule has 1 fully saturated rings. The predicted molar refractivity (Wildman–Crippen MR) is 175 cm³/mol. The van der Waals surface area contributed by atoms with Gasteiger partial charge in [0, 0.05) is 47.8 Å². The van der Waals surface area contributed by atoms with Gasteiger partial charge in [-0.15, -0.1) is 0 Å². The van der Waals surface area contributed by atoms with E-state index in [4.69, 9.17) is 0 Å². The third-order valence-electron chi connectivity index (χ3n) is 7.94. The molecule has 0 unspecified atom stereocenters. The smallest absolute Gasteiger partial charge is 0.137 e. The zero-order valence-corrected chi connectivity index (χ0v) is 25.4. The Balaban J connectivity index is 1.26. The molecular formula is C33H40N6OS. The molecule has 5 rings (SSSR count). The van der Waals surface area contributed by atoms with Crippen LogP contribution in [0.15, 0.2) is 52.8 Å². The molecule has 0 saturated heterocycles. The maximum Gasteiger partial charge on any atom is 0.137 e. The third-order valence-corrected chi connectivity index (χ3v) is 9.01. The molecule has 0 atom stereocenters. The lowest BCUT2D eigenvalue weighted by molar-refractivity contribution is -0.119. The van der Waals surface area contributed by atoms with E-state index in [-0.39, 0.29) is 6.04 Å². The van der Waals surface area contributed by atoms with Crippen molar-refractivity contribution in [3.63, 3.8) is 0 Å². The summed E-state index contributed by atoms with van der Waals surface area (Å²) in [5, 5.41) is 28.8. The number of anilines is 1. The molecule has 214 valence electrons. The van der Waals surface area contributed by atoms with Gasteiger partial charge in [0.1, 0.15) is 11.9 Å². The lowest BCUT2D eigenvalue weighted by Crippen LogP contribution is -2.24. The Labute approximate surface area is 243 Å². The molecule has 1 saturated carbocycles. The summed E-state index contributed by atoms with van der Waals surface area (Å²) in [6.45, 7) is 4.27. The summed E-state index contributed by atoms with van der Waals surface area (Å²) in [5.74, 6) is 5.43. The third kappa shape index (κ3) is 6.97. The van der Waals surface area contributed by atoms with Gasteiger partial charge < -0.3 is 5.32 Å². The Kier molecular flexibility index (Phi) is 8.46. The van der Waals surface area contributed by atoms with Crippen LogP contribution in [0.3, 0.4) is 0 Å². The van der Waals surface area contributed by atoms with Crippen LogP contribution in [-0.4, -0.2) is 56.6 Å². The number of hydrogen-bond donors (Lipinski definition) is 1. The maximum atomic E-state index is 12.5. The Bertz CT molecular complexity index is 1680. The number of carbonyl (C=O) groups is 1. The molecule has 3 aromatic rings. The van der Waals surface area contributed by atoms with Gasteiger partial charge in [0.25, 0.3) is 0 Å². The highest BCUT2D eigenvalue weighted by molar-refractivity contribution is 8.27. The average Bonchev–Trinajstić information content (AvgIpc) is 3.59. The fourth-order valence-corrected chi connectivity index (χ4v) is 6.47. The summed E-state index contributed by atoms with van der Waals surface area (Å²) in [6.07, 6.45) is 12.2. The van der Waals surface area contributed by atoms with Crippen LogP contribution < -0.4 is 5.32 Å². The molecule has 1 N–H and O–H groups in total. The molecule has 0 bridgehead atoms. The van der Waals surface area contributed by atoms with Gasteiger partial charge >= 0.3 is 0 Å². The summed E-state index contributed by atoms with van der Waals surface area (Å²) >= 11 is 0. The number of nitriles is 1. The highest BCUT2D eigenvalue weighted by Crippen LogP contribution is 2.35. The van der Waals surface area contributed by atoms with Crippen molar-refractivity contribution in [2.24, 2.45) is 22.0 Å². The van der Waals surface area contributed by atoms with E-state index in [1.165, 1.54) is 5.71 Å². The Morgan fingerprint density at radius 1 is 1.17 bits per heavy atom. The van der Waals surface area contributed by atoms with Gasteiger partial charge in [-0.2, -0.15) is 20.6 Å².